The van der Waals surface area contributed by atoms with E-state index in [1.54, 1.807) is 18.0 Å². The Balaban J connectivity index is 1.37. The van der Waals surface area contributed by atoms with Crippen LogP contribution in [0.2, 0.25) is 0 Å². The number of hydrogen-bond acceptors (Lipinski definition) is 5. The summed E-state index contributed by atoms with van der Waals surface area (Å²) in [4.78, 5) is 41.0. The minimum Gasteiger partial charge on any atom is -0.494 e. The number of nitrogens with zero attached hydrogens (tertiary/aromatic N) is 2. The van der Waals surface area contributed by atoms with Gasteiger partial charge in [-0.05, 0) is 81.0 Å². The smallest absolute Gasteiger partial charge is 0.251 e. The van der Waals surface area contributed by atoms with Crippen LogP contribution < -0.4 is 10.1 Å². The van der Waals surface area contributed by atoms with Gasteiger partial charge in [0.05, 0.1) is 12.6 Å². The summed E-state index contributed by atoms with van der Waals surface area (Å²) in [7, 11) is 1.75. The van der Waals surface area contributed by atoms with Crippen molar-refractivity contribution < 1.29 is 19.1 Å². The van der Waals surface area contributed by atoms with Gasteiger partial charge in [-0.1, -0.05) is 20.8 Å². The van der Waals surface area contributed by atoms with E-state index in [9.17, 15) is 14.4 Å². The number of aryl methyl sites for hydroxylation is 1. The van der Waals surface area contributed by atoms with E-state index in [0.717, 1.165) is 56.5 Å². The molecule has 2 unspecified atom stereocenters. The van der Waals surface area contributed by atoms with E-state index in [4.69, 9.17) is 10.1 Å². The first-order valence-corrected chi connectivity index (χ1v) is 14.2. The molecule has 0 spiro atoms. The maximum Gasteiger partial charge on any atom is 0.251 e. The minimum atomic E-state index is -0.157. The molecule has 0 bridgehead atoms. The number of benzene rings is 1. The summed E-state index contributed by atoms with van der Waals surface area (Å²) in [6, 6.07) is 5.38. The van der Waals surface area contributed by atoms with Crippen LogP contribution in [0, 0.1) is 30.1 Å². The Morgan fingerprint density at radius 3 is 2.50 bits per heavy atom. The van der Waals surface area contributed by atoms with Crippen molar-refractivity contribution in [3.8, 4) is 5.75 Å². The molecule has 2 aliphatic rings. The molecule has 2 atom stereocenters. The third-order valence-electron chi connectivity index (χ3n) is 8.08. The highest BCUT2D eigenvalue weighted by molar-refractivity contribution is 5.96. The lowest BCUT2D eigenvalue weighted by Crippen LogP contribution is -2.42. The van der Waals surface area contributed by atoms with E-state index in [1.165, 1.54) is 0 Å². The number of likely N-dealkylation sites (tertiary alicyclic amines) is 2. The molecule has 0 aliphatic carbocycles. The highest BCUT2D eigenvalue weighted by Crippen LogP contribution is 2.25. The van der Waals surface area contributed by atoms with E-state index >= 15 is 0 Å². The first-order chi connectivity index (χ1) is 18.1. The largest absolute Gasteiger partial charge is 0.494 e. The Labute approximate surface area is 228 Å². The Bertz CT molecular complexity index is 1000. The van der Waals surface area contributed by atoms with Crippen molar-refractivity contribution in [3.63, 3.8) is 0 Å². The minimum absolute atomic E-state index is 0.0548. The van der Waals surface area contributed by atoms with Crippen LogP contribution in [-0.4, -0.2) is 72.6 Å². The molecule has 0 saturated carbocycles. The molecule has 3 amide bonds. The molecule has 38 heavy (non-hydrogen) atoms. The van der Waals surface area contributed by atoms with E-state index in [-0.39, 0.29) is 35.6 Å². The third kappa shape index (κ3) is 8.05. The average molecular weight is 527 g/mol. The van der Waals surface area contributed by atoms with Crippen molar-refractivity contribution in [2.45, 2.75) is 78.7 Å². The summed E-state index contributed by atoms with van der Waals surface area (Å²) < 4.78 is 5.97. The van der Waals surface area contributed by atoms with Crippen LogP contribution in [0.3, 0.4) is 0 Å². The fraction of sp³-hybridized carbons (Fsp3) is 0.667. The van der Waals surface area contributed by atoms with Gasteiger partial charge < -0.3 is 25.3 Å². The molecular weight excluding hydrogens is 480 g/mol. The van der Waals surface area contributed by atoms with Gasteiger partial charge in [-0.3, -0.25) is 14.4 Å². The third-order valence-corrected chi connectivity index (χ3v) is 8.08. The summed E-state index contributed by atoms with van der Waals surface area (Å²) in [5.41, 5.74) is 2.12. The topological polar surface area (TPSA) is 103 Å². The van der Waals surface area contributed by atoms with E-state index < -0.39 is 0 Å². The molecule has 8 heteroatoms. The van der Waals surface area contributed by atoms with E-state index in [1.807, 2.05) is 44.7 Å². The molecule has 2 saturated heterocycles. The zero-order valence-corrected chi connectivity index (χ0v) is 23.8. The SMILES string of the molecule is CCC(CC(=N)C(C)C)C(=O)N1CCC(CCCOc2ccc(C(=O)NC3CC(=O)N(C)C3)c(C)c2)CC1. The number of hydrogen-bond donors (Lipinski definition) is 2. The first kappa shape index (κ1) is 29.7. The first-order valence-electron chi connectivity index (χ1n) is 14.2. The van der Waals surface area contributed by atoms with Crippen LogP contribution in [0.5, 0.6) is 5.75 Å². The molecule has 3 rings (SSSR count). The predicted octanol–water partition coefficient (Wildman–Crippen LogP) is 4.45. The van der Waals surface area contributed by atoms with Crippen LogP contribution in [0.15, 0.2) is 18.2 Å². The van der Waals surface area contributed by atoms with Crippen LogP contribution in [0.25, 0.3) is 0 Å². The molecule has 0 aromatic heterocycles. The van der Waals surface area contributed by atoms with Gasteiger partial charge in [0.25, 0.3) is 5.91 Å². The summed E-state index contributed by atoms with van der Waals surface area (Å²) in [5, 5.41) is 11.1. The van der Waals surface area contributed by atoms with Crippen LogP contribution in [-0.2, 0) is 9.59 Å². The fourth-order valence-electron chi connectivity index (χ4n) is 5.37. The number of amides is 3. The highest BCUT2D eigenvalue weighted by atomic mass is 16.5. The Morgan fingerprint density at radius 1 is 1.21 bits per heavy atom. The molecule has 1 aromatic rings. The lowest BCUT2D eigenvalue weighted by molar-refractivity contribution is -0.137. The zero-order valence-electron chi connectivity index (χ0n) is 23.8. The van der Waals surface area contributed by atoms with Gasteiger partial charge in [0, 0.05) is 50.3 Å². The number of likely N-dealkylation sites (N-methyl/N-ethyl adjacent to an activating group) is 1. The van der Waals surface area contributed by atoms with Crippen molar-refractivity contribution in [1.29, 1.82) is 5.41 Å². The molecule has 1 aromatic carbocycles. The Kier molecular flexibility index (Phi) is 10.7. The number of ether oxygens (including phenoxy) is 1. The van der Waals surface area contributed by atoms with E-state index in [2.05, 4.69) is 5.32 Å². The Morgan fingerprint density at radius 2 is 1.92 bits per heavy atom. The normalized spacial score (nSPS) is 19.1. The lowest BCUT2D eigenvalue weighted by Gasteiger charge is -2.34. The van der Waals surface area contributed by atoms with Gasteiger partial charge in [0.15, 0.2) is 0 Å². The van der Waals surface area contributed by atoms with E-state index in [0.29, 0.717) is 43.2 Å². The summed E-state index contributed by atoms with van der Waals surface area (Å²) in [6.45, 7) is 10.8. The molecule has 2 N–H and O–H groups in total. The van der Waals surface area contributed by atoms with Gasteiger partial charge in [-0.25, -0.2) is 0 Å². The maximum absolute atomic E-state index is 13.0. The van der Waals surface area contributed by atoms with Gasteiger partial charge in [-0.2, -0.15) is 0 Å². The summed E-state index contributed by atoms with van der Waals surface area (Å²) in [6.07, 6.45) is 5.78. The van der Waals surface area contributed by atoms with Gasteiger partial charge >= 0.3 is 0 Å². The molecule has 0 radical (unpaired) electrons. The molecule has 2 heterocycles. The number of carbonyl (C=O) groups is 3. The van der Waals surface area contributed by atoms with Crippen LogP contribution in [0.1, 0.15) is 81.6 Å². The van der Waals surface area contributed by atoms with Crippen molar-refractivity contribution in [1.82, 2.24) is 15.1 Å². The molecule has 2 fully saturated rings. The predicted molar refractivity (Wildman–Crippen MR) is 150 cm³/mol. The van der Waals surface area contributed by atoms with Crippen LogP contribution >= 0.6 is 0 Å². The second kappa shape index (κ2) is 13.8. The summed E-state index contributed by atoms with van der Waals surface area (Å²) in [5.74, 6) is 1.61. The van der Waals surface area contributed by atoms with Gasteiger partial charge in [0.1, 0.15) is 5.75 Å². The number of carbonyl (C=O) groups excluding carboxylic acids is 3. The number of piperidine rings is 1. The second-order valence-corrected chi connectivity index (χ2v) is 11.4. The van der Waals surface area contributed by atoms with Crippen molar-refractivity contribution >= 4 is 23.4 Å². The molecule has 8 nitrogen and oxygen atoms in total. The second-order valence-electron chi connectivity index (χ2n) is 11.4. The Hall–Kier alpha value is -2.90. The quantitative estimate of drug-likeness (QED) is 0.310. The van der Waals surface area contributed by atoms with Crippen molar-refractivity contribution in [3.05, 3.63) is 29.3 Å². The van der Waals surface area contributed by atoms with Crippen molar-refractivity contribution in [2.24, 2.45) is 17.8 Å². The zero-order chi connectivity index (χ0) is 27.8. The van der Waals surface area contributed by atoms with Crippen molar-refractivity contribution in [2.75, 3.05) is 33.3 Å². The molecule has 210 valence electrons. The average Bonchev–Trinajstić information content (AvgIpc) is 3.20. The monoisotopic (exact) mass is 526 g/mol. The fourth-order valence-corrected chi connectivity index (χ4v) is 5.37. The molecular formula is C30H46N4O4. The molecule has 2 aliphatic heterocycles. The summed E-state index contributed by atoms with van der Waals surface area (Å²) >= 11 is 0. The maximum atomic E-state index is 13.0. The highest BCUT2D eigenvalue weighted by Gasteiger charge is 2.29. The number of rotatable bonds is 12. The van der Waals surface area contributed by atoms with Crippen LogP contribution in [0.4, 0.5) is 0 Å². The van der Waals surface area contributed by atoms with Gasteiger partial charge in [-0.15, -0.1) is 0 Å². The number of nitrogens with one attached hydrogen (secondary N) is 2. The lowest BCUT2D eigenvalue weighted by atomic mass is 9.89. The standard InChI is InChI=1S/C30H46N4O4/c1-6-23(17-27(31)20(2)3)30(37)34-13-11-22(12-14-34)8-7-15-38-25-9-10-26(21(4)16-25)29(36)32-24-18-28(35)33(5)19-24/h9-10,16,20,22-24,31H,6-8,11-15,17-19H2,1-5H3,(H,32,36). The van der Waals surface area contributed by atoms with Gasteiger partial charge in [0.2, 0.25) is 11.8 Å².